The first-order chi connectivity index (χ1) is 15.5. The maximum Gasteiger partial charge on any atom is 0.269 e. The van der Waals surface area contributed by atoms with Gasteiger partial charge in [0.15, 0.2) is 11.5 Å². The van der Waals surface area contributed by atoms with E-state index in [1.807, 2.05) is 67.6 Å². The second kappa shape index (κ2) is 9.56. The smallest absolute Gasteiger partial charge is 0.269 e. The Morgan fingerprint density at radius 2 is 1.50 bits per heavy atom. The van der Waals surface area contributed by atoms with Crippen molar-refractivity contribution in [3.8, 4) is 11.5 Å². The maximum absolute atomic E-state index is 12.8. The zero-order chi connectivity index (χ0) is 22.5. The van der Waals surface area contributed by atoms with Crippen LogP contribution in [0.15, 0.2) is 78.9 Å². The van der Waals surface area contributed by atoms with Gasteiger partial charge in [-0.25, -0.2) is 0 Å². The molecule has 0 aliphatic carbocycles. The standard InChI is InChI=1S/C26H26N2O4/c1-3-28(21-9-5-4-6-10-21)24(29)17-19-13-15-20(16-14-19)27-26(30)25-18(2)31-22-11-7-8-12-23(22)32-25/h4-16,18,25H,3,17H2,1-2H3,(H,27,30). The van der Waals surface area contributed by atoms with Crippen molar-refractivity contribution in [2.75, 3.05) is 16.8 Å². The Hall–Kier alpha value is -3.80. The molecule has 164 valence electrons. The lowest BCUT2D eigenvalue weighted by Crippen LogP contribution is -2.46. The molecule has 4 rings (SSSR count). The van der Waals surface area contributed by atoms with Crippen molar-refractivity contribution in [1.82, 2.24) is 0 Å². The number of rotatable bonds is 6. The summed E-state index contributed by atoms with van der Waals surface area (Å²) in [5.41, 5.74) is 2.40. The van der Waals surface area contributed by atoms with Crippen LogP contribution in [-0.4, -0.2) is 30.6 Å². The average molecular weight is 431 g/mol. The van der Waals surface area contributed by atoms with Crippen molar-refractivity contribution < 1.29 is 19.1 Å². The number of hydrogen-bond acceptors (Lipinski definition) is 4. The van der Waals surface area contributed by atoms with Gasteiger partial charge in [-0.2, -0.15) is 0 Å². The van der Waals surface area contributed by atoms with Crippen molar-refractivity contribution in [2.45, 2.75) is 32.5 Å². The van der Waals surface area contributed by atoms with Crippen molar-refractivity contribution in [2.24, 2.45) is 0 Å². The summed E-state index contributed by atoms with van der Waals surface area (Å²) in [5, 5.41) is 2.87. The number of nitrogens with one attached hydrogen (secondary N) is 1. The van der Waals surface area contributed by atoms with Crippen molar-refractivity contribution in [3.63, 3.8) is 0 Å². The molecule has 0 radical (unpaired) electrons. The van der Waals surface area contributed by atoms with E-state index in [1.165, 1.54) is 0 Å². The van der Waals surface area contributed by atoms with Gasteiger partial charge in [-0.1, -0.05) is 42.5 Å². The molecule has 2 atom stereocenters. The van der Waals surface area contributed by atoms with Crippen molar-refractivity contribution in [3.05, 3.63) is 84.4 Å². The monoisotopic (exact) mass is 430 g/mol. The summed E-state index contributed by atoms with van der Waals surface area (Å²) in [7, 11) is 0. The first kappa shape index (κ1) is 21.4. The molecule has 1 N–H and O–H groups in total. The molecule has 1 heterocycles. The van der Waals surface area contributed by atoms with Crippen LogP contribution >= 0.6 is 0 Å². The first-order valence-electron chi connectivity index (χ1n) is 10.7. The van der Waals surface area contributed by atoms with Crippen molar-refractivity contribution in [1.29, 1.82) is 0 Å². The SMILES string of the molecule is CCN(C(=O)Cc1ccc(NC(=O)C2Oc3ccccc3OC2C)cc1)c1ccccc1. The largest absolute Gasteiger partial charge is 0.482 e. The third-order valence-corrected chi connectivity index (χ3v) is 5.36. The number of benzene rings is 3. The molecule has 2 unspecified atom stereocenters. The number of hydrogen-bond donors (Lipinski definition) is 1. The highest BCUT2D eigenvalue weighted by atomic mass is 16.6. The zero-order valence-corrected chi connectivity index (χ0v) is 18.2. The molecule has 6 heteroatoms. The number of ether oxygens (including phenoxy) is 2. The quantitative estimate of drug-likeness (QED) is 0.627. The van der Waals surface area contributed by atoms with Gasteiger partial charge in [0.2, 0.25) is 12.0 Å². The number of carbonyl (C=O) groups is 2. The van der Waals surface area contributed by atoms with Gasteiger partial charge in [0, 0.05) is 17.9 Å². The van der Waals surface area contributed by atoms with Gasteiger partial charge < -0.3 is 19.7 Å². The maximum atomic E-state index is 12.8. The molecule has 0 fully saturated rings. The molecule has 6 nitrogen and oxygen atoms in total. The van der Waals surface area contributed by atoms with Crippen LogP contribution in [0.5, 0.6) is 11.5 Å². The second-order valence-electron chi connectivity index (χ2n) is 7.64. The normalized spacial score (nSPS) is 16.8. The fraction of sp³-hybridized carbons (Fsp3) is 0.231. The highest BCUT2D eigenvalue weighted by Crippen LogP contribution is 2.33. The summed E-state index contributed by atoms with van der Waals surface area (Å²) in [6, 6.07) is 24.2. The van der Waals surface area contributed by atoms with E-state index < -0.39 is 12.2 Å². The van der Waals surface area contributed by atoms with Crippen LogP contribution in [0.2, 0.25) is 0 Å². The van der Waals surface area contributed by atoms with Gasteiger partial charge in [-0.05, 0) is 55.8 Å². The Morgan fingerprint density at radius 3 is 2.16 bits per heavy atom. The minimum Gasteiger partial charge on any atom is -0.482 e. The molecule has 2 amide bonds. The first-order valence-corrected chi connectivity index (χ1v) is 10.7. The van der Waals surface area contributed by atoms with E-state index in [2.05, 4.69) is 5.32 Å². The van der Waals surface area contributed by atoms with Gasteiger partial charge >= 0.3 is 0 Å². The molecular formula is C26H26N2O4. The number of para-hydroxylation sites is 3. The van der Waals surface area contributed by atoms with Crippen LogP contribution in [0.3, 0.4) is 0 Å². The van der Waals surface area contributed by atoms with Crippen LogP contribution < -0.4 is 19.7 Å². The fourth-order valence-electron chi connectivity index (χ4n) is 3.71. The zero-order valence-electron chi connectivity index (χ0n) is 18.2. The molecular weight excluding hydrogens is 404 g/mol. The third-order valence-electron chi connectivity index (χ3n) is 5.36. The molecule has 0 spiro atoms. The summed E-state index contributed by atoms with van der Waals surface area (Å²) >= 11 is 0. The summed E-state index contributed by atoms with van der Waals surface area (Å²) in [6.07, 6.45) is -0.889. The Bertz CT molecular complexity index is 1080. The van der Waals surface area contributed by atoms with Gasteiger partial charge in [0.05, 0.1) is 6.42 Å². The molecule has 3 aromatic carbocycles. The summed E-state index contributed by atoms with van der Waals surface area (Å²) in [6.45, 7) is 4.36. The molecule has 0 saturated heterocycles. The second-order valence-corrected chi connectivity index (χ2v) is 7.64. The number of anilines is 2. The predicted octanol–water partition coefficient (Wildman–Crippen LogP) is 4.45. The van der Waals surface area contributed by atoms with Gasteiger partial charge in [0.1, 0.15) is 6.10 Å². The van der Waals surface area contributed by atoms with E-state index >= 15 is 0 Å². The topological polar surface area (TPSA) is 67.9 Å². The van der Waals surface area contributed by atoms with Crippen LogP contribution in [0.1, 0.15) is 19.4 Å². The minimum absolute atomic E-state index is 0.0238. The Morgan fingerprint density at radius 1 is 0.875 bits per heavy atom. The Labute approximate surface area is 187 Å². The molecule has 0 bridgehead atoms. The molecule has 0 saturated carbocycles. The third kappa shape index (κ3) is 4.75. The van der Waals surface area contributed by atoms with E-state index in [1.54, 1.807) is 30.0 Å². The lowest BCUT2D eigenvalue weighted by molar-refractivity contribution is -0.128. The number of amides is 2. The van der Waals surface area contributed by atoms with Gasteiger partial charge in [-0.3, -0.25) is 9.59 Å². The van der Waals surface area contributed by atoms with Crippen LogP contribution in [0.25, 0.3) is 0 Å². The Balaban J connectivity index is 1.37. The average Bonchev–Trinajstić information content (AvgIpc) is 2.81. The fourth-order valence-corrected chi connectivity index (χ4v) is 3.71. The highest BCUT2D eigenvalue weighted by Gasteiger charge is 2.34. The number of fused-ring (bicyclic) bond motifs is 1. The van der Waals surface area contributed by atoms with E-state index in [-0.39, 0.29) is 18.2 Å². The van der Waals surface area contributed by atoms with Crippen LogP contribution in [0.4, 0.5) is 11.4 Å². The molecule has 1 aliphatic heterocycles. The predicted molar refractivity (Wildman–Crippen MR) is 124 cm³/mol. The molecule has 32 heavy (non-hydrogen) atoms. The van der Waals surface area contributed by atoms with E-state index in [4.69, 9.17) is 9.47 Å². The van der Waals surface area contributed by atoms with Crippen LogP contribution in [-0.2, 0) is 16.0 Å². The molecule has 0 aromatic heterocycles. The van der Waals surface area contributed by atoms with E-state index in [0.29, 0.717) is 23.7 Å². The lowest BCUT2D eigenvalue weighted by atomic mass is 10.1. The summed E-state index contributed by atoms with van der Waals surface area (Å²) < 4.78 is 11.7. The summed E-state index contributed by atoms with van der Waals surface area (Å²) in [5.74, 6) is 0.931. The van der Waals surface area contributed by atoms with Crippen LogP contribution in [0, 0.1) is 0 Å². The van der Waals surface area contributed by atoms with Crippen molar-refractivity contribution >= 4 is 23.2 Å². The van der Waals surface area contributed by atoms with E-state index in [9.17, 15) is 9.59 Å². The van der Waals surface area contributed by atoms with Gasteiger partial charge in [0.25, 0.3) is 5.91 Å². The van der Waals surface area contributed by atoms with Gasteiger partial charge in [-0.15, -0.1) is 0 Å². The highest BCUT2D eigenvalue weighted by molar-refractivity contribution is 5.96. The molecule has 3 aromatic rings. The number of likely N-dealkylation sites (N-methyl/N-ethyl adjacent to an activating group) is 1. The minimum atomic E-state index is -0.755. The number of nitrogens with zero attached hydrogens (tertiary/aromatic N) is 1. The molecule has 1 aliphatic rings. The summed E-state index contributed by atoms with van der Waals surface area (Å²) in [4.78, 5) is 27.3. The lowest BCUT2D eigenvalue weighted by Gasteiger charge is -2.31. The Kier molecular flexibility index (Phi) is 6.40. The number of carbonyl (C=O) groups excluding carboxylic acids is 2. The van der Waals surface area contributed by atoms with E-state index in [0.717, 1.165) is 11.3 Å².